The highest BCUT2D eigenvalue weighted by molar-refractivity contribution is 7.71. The van der Waals surface area contributed by atoms with E-state index in [-0.39, 0.29) is 16.9 Å². The number of rotatable bonds is 5. The zero-order chi connectivity index (χ0) is 17.2. The van der Waals surface area contributed by atoms with Crippen LogP contribution in [0.25, 0.3) is 11.3 Å². The van der Waals surface area contributed by atoms with Gasteiger partial charge in [-0.3, -0.25) is 9.78 Å². The van der Waals surface area contributed by atoms with Crippen molar-refractivity contribution in [3.63, 3.8) is 0 Å². The summed E-state index contributed by atoms with van der Waals surface area (Å²) in [4.78, 5) is 14.4. The Morgan fingerprint density at radius 1 is 1.26 bits per heavy atom. The molecule has 7 heteroatoms. The summed E-state index contributed by atoms with van der Waals surface area (Å²) in [6.07, 6.45) is 0. The normalized spacial score (nSPS) is 11.3. The van der Waals surface area contributed by atoms with Crippen molar-refractivity contribution in [1.82, 2.24) is 9.55 Å². The van der Waals surface area contributed by atoms with E-state index in [1.54, 1.807) is 50.8 Å². The van der Waals surface area contributed by atoms with E-state index in [0.29, 0.717) is 22.8 Å². The minimum atomic E-state index is -0.995. The minimum absolute atomic E-state index is 0.229. The van der Waals surface area contributed by atoms with E-state index < -0.39 is 5.60 Å². The number of H-pyrrole nitrogens is 1. The number of hydrogen-bond donors (Lipinski definition) is 2. The molecule has 0 amide bonds. The van der Waals surface area contributed by atoms with Gasteiger partial charge in [-0.05, 0) is 38.2 Å². The monoisotopic (exact) mass is 336 g/mol. The first-order valence-corrected chi connectivity index (χ1v) is 7.45. The van der Waals surface area contributed by atoms with Crippen LogP contribution in [0.2, 0.25) is 0 Å². The quantitative estimate of drug-likeness (QED) is 0.820. The van der Waals surface area contributed by atoms with Crippen LogP contribution in [-0.2, 0) is 6.54 Å². The number of ether oxygens (including phenoxy) is 2. The first-order valence-electron chi connectivity index (χ1n) is 7.04. The molecule has 0 aliphatic rings. The molecule has 0 fully saturated rings. The lowest BCUT2D eigenvalue weighted by Gasteiger charge is -2.23. The second-order valence-electron chi connectivity index (χ2n) is 5.79. The van der Waals surface area contributed by atoms with Crippen LogP contribution in [0.15, 0.2) is 29.1 Å². The average Bonchev–Trinajstić information content (AvgIpc) is 2.48. The lowest BCUT2D eigenvalue weighted by molar-refractivity contribution is 0.0610. The second-order valence-corrected chi connectivity index (χ2v) is 6.18. The zero-order valence-electron chi connectivity index (χ0n) is 13.5. The van der Waals surface area contributed by atoms with E-state index in [1.807, 2.05) is 0 Å². The summed E-state index contributed by atoms with van der Waals surface area (Å²) in [5.74, 6) is 1.19. The van der Waals surface area contributed by atoms with Crippen LogP contribution >= 0.6 is 12.2 Å². The van der Waals surface area contributed by atoms with Crippen LogP contribution in [0, 0.1) is 4.77 Å². The Kier molecular flexibility index (Phi) is 4.91. The molecule has 0 saturated carbocycles. The van der Waals surface area contributed by atoms with Gasteiger partial charge in [0.2, 0.25) is 0 Å². The van der Waals surface area contributed by atoms with Gasteiger partial charge in [0.25, 0.3) is 5.56 Å². The molecule has 0 aliphatic heterocycles. The highest BCUT2D eigenvalue weighted by atomic mass is 32.1. The Bertz CT molecular complexity index is 818. The topological polar surface area (TPSA) is 76.5 Å². The van der Waals surface area contributed by atoms with Crippen molar-refractivity contribution >= 4 is 12.2 Å². The molecule has 0 atom stereocenters. The van der Waals surface area contributed by atoms with Crippen molar-refractivity contribution in [3.8, 4) is 22.8 Å². The maximum absolute atomic E-state index is 11.9. The molecule has 0 saturated heterocycles. The molecule has 124 valence electrons. The fourth-order valence-corrected chi connectivity index (χ4v) is 2.56. The molecule has 1 aromatic carbocycles. The molecule has 0 radical (unpaired) electrons. The Balaban J connectivity index is 2.72. The third-order valence-corrected chi connectivity index (χ3v) is 3.59. The van der Waals surface area contributed by atoms with Crippen LogP contribution in [0.4, 0.5) is 0 Å². The molecule has 2 rings (SSSR count). The van der Waals surface area contributed by atoms with Crippen molar-refractivity contribution in [1.29, 1.82) is 0 Å². The number of methoxy groups -OCH3 is 2. The molecule has 1 heterocycles. The molecule has 1 aromatic heterocycles. The van der Waals surface area contributed by atoms with Crippen molar-refractivity contribution < 1.29 is 14.6 Å². The van der Waals surface area contributed by atoms with Gasteiger partial charge in [0, 0.05) is 17.7 Å². The van der Waals surface area contributed by atoms with Crippen molar-refractivity contribution in [3.05, 3.63) is 39.4 Å². The van der Waals surface area contributed by atoms with Gasteiger partial charge in [0.15, 0.2) is 4.77 Å². The molecule has 2 aromatic rings. The molecule has 0 bridgehead atoms. The summed E-state index contributed by atoms with van der Waals surface area (Å²) >= 11 is 5.25. The summed E-state index contributed by atoms with van der Waals surface area (Å²) in [5, 5.41) is 10.1. The van der Waals surface area contributed by atoms with Gasteiger partial charge in [0.05, 0.1) is 32.1 Å². The summed E-state index contributed by atoms with van der Waals surface area (Å²) in [6, 6.07) is 6.73. The van der Waals surface area contributed by atoms with Crippen molar-refractivity contribution in [2.75, 3.05) is 14.2 Å². The van der Waals surface area contributed by atoms with Gasteiger partial charge in [-0.15, -0.1) is 0 Å². The Morgan fingerprint density at radius 2 is 1.96 bits per heavy atom. The second kappa shape index (κ2) is 6.55. The predicted octanol–water partition coefficient (Wildman–Crippen LogP) is 2.36. The maximum Gasteiger partial charge on any atom is 0.252 e. The number of aromatic amines is 1. The number of benzene rings is 1. The molecular weight excluding hydrogens is 316 g/mol. The number of aliphatic hydroxyl groups is 1. The fourth-order valence-electron chi connectivity index (χ4n) is 2.30. The number of nitrogens with zero attached hydrogens (tertiary/aromatic N) is 1. The van der Waals surface area contributed by atoms with E-state index in [2.05, 4.69) is 4.98 Å². The third-order valence-electron chi connectivity index (χ3n) is 3.26. The predicted molar refractivity (Wildman–Crippen MR) is 90.7 cm³/mol. The Hall–Kier alpha value is -2.12. The summed E-state index contributed by atoms with van der Waals surface area (Å²) in [5.41, 5.74) is -0.0460. The van der Waals surface area contributed by atoms with Crippen molar-refractivity contribution in [2.45, 2.75) is 26.0 Å². The average molecular weight is 336 g/mol. The summed E-state index contributed by atoms with van der Waals surface area (Å²) < 4.78 is 12.5. The number of hydrogen-bond acceptors (Lipinski definition) is 5. The van der Waals surface area contributed by atoms with Crippen LogP contribution in [0.3, 0.4) is 0 Å². The summed E-state index contributed by atoms with van der Waals surface area (Å²) in [7, 11) is 3.11. The first kappa shape index (κ1) is 17.2. The first-order chi connectivity index (χ1) is 10.7. The highest BCUT2D eigenvalue weighted by Gasteiger charge is 2.19. The van der Waals surface area contributed by atoms with Gasteiger partial charge >= 0.3 is 0 Å². The van der Waals surface area contributed by atoms with Gasteiger partial charge in [-0.2, -0.15) is 0 Å². The SMILES string of the molecule is COc1ccc(-c2cc(=O)[nH]c(=S)n2CC(C)(C)O)c(OC)c1. The smallest absolute Gasteiger partial charge is 0.252 e. The molecule has 0 aliphatic carbocycles. The maximum atomic E-state index is 11.9. The van der Waals surface area contributed by atoms with E-state index >= 15 is 0 Å². The van der Waals surface area contributed by atoms with Gasteiger partial charge in [0.1, 0.15) is 11.5 Å². The standard InChI is InChI=1S/C16H20N2O4S/c1-16(2,20)9-18-12(8-14(19)17-15(18)23)11-6-5-10(21-3)7-13(11)22-4/h5-8,20H,9H2,1-4H3,(H,17,19,23). The number of aromatic nitrogens is 2. The lowest BCUT2D eigenvalue weighted by Crippen LogP contribution is -2.29. The third kappa shape index (κ3) is 4.00. The van der Waals surface area contributed by atoms with Gasteiger partial charge < -0.3 is 19.1 Å². The molecular formula is C16H20N2O4S. The van der Waals surface area contributed by atoms with Gasteiger partial charge in [-0.25, -0.2) is 0 Å². The minimum Gasteiger partial charge on any atom is -0.497 e. The molecule has 0 spiro atoms. The van der Waals surface area contributed by atoms with Gasteiger partial charge in [-0.1, -0.05) is 0 Å². The number of nitrogens with one attached hydrogen (secondary N) is 1. The summed E-state index contributed by atoms with van der Waals surface area (Å²) in [6.45, 7) is 3.58. The fraction of sp³-hybridized carbons (Fsp3) is 0.375. The van der Waals surface area contributed by atoms with Crippen LogP contribution in [-0.4, -0.2) is 34.5 Å². The lowest BCUT2D eigenvalue weighted by atomic mass is 10.1. The van der Waals surface area contributed by atoms with E-state index in [1.165, 1.54) is 6.07 Å². The van der Waals surface area contributed by atoms with Crippen LogP contribution < -0.4 is 15.0 Å². The van der Waals surface area contributed by atoms with Crippen LogP contribution in [0.1, 0.15) is 13.8 Å². The Morgan fingerprint density at radius 3 is 2.52 bits per heavy atom. The zero-order valence-corrected chi connectivity index (χ0v) is 14.4. The molecule has 6 nitrogen and oxygen atoms in total. The van der Waals surface area contributed by atoms with E-state index in [4.69, 9.17) is 21.7 Å². The molecule has 2 N–H and O–H groups in total. The van der Waals surface area contributed by atoms with Crippen LogP contribution in [0.5, 0.6) is 11.5 Å². The van der Waals surface area contributed by atoms with E-state index in [9.17, 15) is 9.90 Å². The highest BCUT2D eigenvalue weighted by Crippen LogP contribution is 2.33. The molecule has 23 heavy (non-hydrogen) atoms. The largest absolute Gasteiger partial charge is 0.497 e. The van der Waals surface area contributed by atoms with E-state index in [0.717, 1.165) is 0 Å². The van der Waals surface area contributed by atoms with Crippen molar-refractivity contribution in [2.24, 2.45) is 0 Å². The Labute approximate surface area is 139 Å². The molecule has 0 unspecified atom stereocenters.